The van der Waals surface area contributed by atoms with Gasteiger partial charge in [0.1, 0.15) is 0 Å². The first-order valence-electron chi connectivity index (χ1n) is 5.95. The van der Waals surface area contributed by atoms with E-state index in [1.54, 1.807) is 5.56 Å². The summed E-state index contributed by atoms with van der Waals surface area (Å²) < 4.78 is 0. The average Bonchev–Trinajstić information content (AvgIpc) is 2.88. The molecule has 0 aliphatic heterocycles. The highest BCUT2D eigenvalue weighted by Crippen LogP contribution is 2.33. The minimum atomic E-state index is 1.22. The number of hydrogen-bond acceptors (Lipinski definition) is 0. The second-order valence-electron chi connectivity index (χ2n) is 4.64. The number of H-pyrrole nitrogens is 1. The summed E-state index contributed by atoms with van der Waals surface area (Å²) in [7, 11) is 0. The van der Waals surface area contributed by atoms with Crippen LogP contribution >= 0.6 is 0 Å². The Morgan fingerprint density at radius 2 is 1.81 bits per heavy atom. The molecule has 0 unspecified atom stereocenters. The van der Waals surface area contributed by atoms with Crippen molar-refractivity contribution in [3.63, 3.8) is 0 Å². The molecule has 0 fully saturated rings. The molecule has 1 heterocycles. The molecule has 0 bridgehead atoms. The predicted molar refractivity (Wildman–Crippen MR) is 67.8 cm³/mol. The lowest BCUT2D eigenvalue weighted by Gasteiger charge is -2.00. The molecule has 1 aliphatic rings. The van der Waals surface area contributed by atoms with E-state index in [0.29, 0.717) is 0 Å². The second kappa shape index (κ2) is 2.88. The molecule has 1 heteroatoms. The molecule has 0 saturated carbocycles. The van der Waals surface area contributed by atoms with E-state index in [4.69, 9.17) is 0 Å². The lowest BCUT2D eigenvalue weighted by Crippen LogP contribution is -1.79. The highest BCUT2D eigenvalue weighted by Gasteiger charge is 2.17. The summed E-state index contributed by atoms with van der Waals surface area (Å²) in [6.45, 7) is 0. The fraction of sp³-hybridized carbons (Fsp3) is 0.200. The summed E-state index contributed by atoms with van der Waals surface area (Å²) in [5.74, 6) is 0. The molecule has 2 aromatic carbocycles. The zero-order valence-corrected chi connectivity index (χ0v) is 9.09. The molecule has 0 saturated heterocycles. The normalized spacial score (nSPS) is 14.8. The van der Waals surface area contributed by atoms with Crippen LogP contribution in [0.5, 0.6) is 0 Å². The highest BCUT2D eigenvalue weighted by atomic mass is 14.7. The molecule has 4 rings (SSSR count). The SMILES string of the molecule is c1ccc2c(c1)ccc1c3c([nH]c12)CCC3. The molecule has 1 nitrogen and oxygen atoms in total. The van der Waals surface area contributed by atoms with E-state index in [1.165, 1.54) is 46.6 Å². The van der Waals surface area contributed by atoms with E-state index >= 15 is 0 Å². The minimum absolute atomic E-state index is 1.22. The maximum absolute atomic E-state index is 3.62. The number of aromatic nitrogens is 1. The van der Waals surface area contributed by atoms with Gasteiger partial charge in [-0.2, -0.15) is 0 Å². The van der Waals surface area contributed by atoms with Crippen LogP contribution < -0.4 is 0 Å². The zero-order valence-electron chi connectivity index (χ0n) is 9.09. The Hall–Kier alpha value is -1.76. The Bertz CT molecular complexity index is 691. The monoisotopic (exact) mass is 207 g/mol. The number of hydrogen-bond donors (Lipinski definition) is 1. The summed E-state index contributed by atoms with van der Waals surface area (Å²) in [5, 5.41) is 4.12. The van der Waals surface area contributed by atoms with Crippen molar-refractivity contribution in [1.29, 1.82) is 0 Å². The van der Waals surface area contributed by atoms with E-state index in [9.17, 15) is 0 Å². The Morgan fingerprint density at radius 1 is 0.875 bits per heavy atom. The third-order valence-corrected chi connectivity index (χ3v) is 3.75. The summed E-state index contributed by atoms with van der Waals surface area (Å²) in [5.41, 5.74) is 4.36. The van der Waals surface area contributed by atoms with Crippen LogP contribution in [0.3, 0.4) is 0 Å². The van der Waals surface area contributed by atoms with Gasteiger partial charge in [0.2, 0.25) is 0 Å². The predicted octanol–water partition coefficient (Wildman–Crippen LogP) is 3.81. The van der Waals surface area contributed by atoms with Gasteiger partial charge in [-0.1, -0.05) is 36.4 Å². The minimum Gasteiger partial charge on any atom is -0.358 e. The molecule has 0 amide bonds. The van der Waals surface area contributed by atoms with Gasteiger partial charge in [0.05, 0.1) is 5.52 Å². The number of fused-ring (bicyclic) bond motifs is 5. The summed E-state index contributed by atoms with van der Waals surface area (Å²) in [6.07, 6.45) is 3.77. The van der Waals surface area contributed by atoms with Crippen LogP contribution in [0.25, 0.3) is 21.7 Å². The average molecular weight is 207 g/mol. The number of aryl methyl sites for hydroxylation is 2. The Balaban J connectivity index is 2.23. The Kier molecular flexibility index (Phi) is 1.51. The molecule has 1 N–H and O–H groups in total. The van der Waals surface area contributed by atoms with Gasteiger partial charge < -0.3 is 4.98 Å². The lowest BCUT2D eigenvalue weighted by molar-refractivity contribution is 0.899. The van der Waals surface area contributed by atoms with Crippen molar-refractivity contribution in [3.05, 3.63) is 47.7 Å². The molecule has 0 spiro atoms. The van der Waals surface area contributed by atoms with Gasteiger partial charge in [0.15, 0.2) is 0 Å². The van der Waals surface area contributed by atoms with Crippen molar-refractivity contribution in [1.82, 2.24) is 4.98 Å². The van der Waals surface area contributed by atoms with Crippen LogP contribution in [0.4, 0.5) is 0 Å². The molecule has 16 heavy (non-hydrogen) atoms. The Morgan fingerprint density at radius 3 is 2.81 bits per heavy atom. The van der Waals surface area contributed by atoms with Crippen LogP contribution in [0.2, 0.25) is 0 Å². The van der Waals surface area contributed by atoms with Crippen molar-refractivity contribution in [2.24, 2.45) is 0 Å². The number of nitrogens with one attached hydrogen (secondary N) is 1. The van der Waals surface area contributed by atoms with Crippen molar-refractivity contribution in [3.8, 4) is 0 Å². The van der Waals surface area contributed by atoms with Crippen molar-refractivity contribution in [2.75, 3.05) is 0 Å². The van der Waals surface area contributed by atoms with Gasteiger partial charge in [0, 0.05) is 16.5 Å². The maximum atomic E-state index is 3.62. The van der Waals surface area contributed by atoms with Crippen molar-refractivity contribution >= 4 is 21.7 Å². The van der Waals surface area contributed by atoms with Gasteiger partial charge in [-0.25, -0.2) is 0 Å². The van der Waals surface area contributed by atoms with E-state index in [1.807, 2.05) is 0 Å². The zero-order chi connectivity index (χ0) is 10.5. The molecule has 3 aromatic rings. The van der Waals surface area contributed by atoms with Crippen LogP contribution in [0.15, 0.2) is 36.4 Å². The molecule has 0 radical (unpaired) electrons. The summed E-state index contributed by atoms with van der Waals surface area (Å²) in [6, 6.07) is 13.1. The molecular weight excluding hydrogens is 194 g/mol. The fourth-order valence-electron chi connectivity index (χ4n) is 2.99. The highest BCUT2D eigenvalue weighted by molar-refractivity contribution is 6.07. The summed E-state index contributed by atoms with van der Waals surface area (Å²) >= 11 is 0. The smallest absolute Gasteiger partial charge is 0.0538 e. The van der Waals surface area contributed by atoms with Gasteiger partial charge in [0.25, 0.3) is 0 Å². The first kappa shape index (κ1) is 8.40. The van der Waals surface area contributed by atoms with Crippen LogP contribution in [-0.2, 0) is 12.8 Å². The second-order valence-corrected chi connectivity index (χ2v) is 4.64. The van der Waals surface area contributed by atoms with E-state index < -0.39 is 0 Å². The third-order valence-electron chi connectivity index (χ3n) is 3.75. The van der Waals surface area contributed by atoms with Gasteiger partial charge in [-0.3, -0.25) is 0 Å². The van der Waals surface area contributed by atoms with Gasteiger partial charge in [-0.15, -0.1) is 0 Å². The van der Waals surface area contributed by atoms with E-state index in [0.717, 1.165) is 0 Å². The fourth-order valence-corrected chi connectivity index (χ4v) is 2.99. The van der Waals surface area contributed by atoms with E-state index in [2.05, 4.69) is 41.4 Å². The van der Waals surface area contributed by atoms with Crippen LogP contribution in [0.1, 0.15) is 17.7 Å². The lowest BCUT2D eigenvalue weighted by atomic mass is 10.0. The first-order chi connectivity index (χ1) is 7.93. The number of benzene rings is 2. The standard InChI is InChI=1S/C15H13N/c1-2-5-11-10(4-1)8-9-13-12-6-3-7-14(12)16-15(11)13/h1-2,4-5,8-9,16H,3,6-7H2. The van der Waals surface area contributed by atoms with Crippen molar-refractivity contribution in [2.45, 2.75) is 19.3 Å². The number of rotatable bonds is 0. The maximum Gasteiger partial charge on any atom is 0.0538 e. The largest absolute Gasteiger partial charge is 0.358 e. The third kappa shape index (κ3) is 0.955. The molecule has 78 valence electrons. The molecular formula is C15H13N. The topological polar surface area (TPSA) is 15.8 Å². The quantitative estimate of drug-likeness (QED) is 0.577. The van der Waals surface area contributed by atoms with Crippen molar-refractivity contribution < 1.29 is 0 Å². The first-order valence-corrected chi connectivity index (χ1v) is 5.95. The number of aromatic amines is 1. The Labute approximate surface area is 94.1 Å². The van der Waals surface area contributed by atoms with E-state index in [-0.39, 0.29) is 0 Å². The van der Waals surface area contributed by atoms with Gasteiger partial charge >= 0.3 is 0 Å². The molecule has 1 aliphatic carbocycles. The van der Waals surface area contributed by atoms with Gasteiger partial charge in [-0.05, 0) is 30.2 Å². The molecule has 1 aromatic heterocycles. The van der Waals surface area contributed by atoms with Crippen LogP contribution in [0, 0.1) is 0 Å². The van der Waals surface area contributed by atoms with Crippen LogP contribution in [-0.4, -0.2) is 4.98 Å². The summed E-state index contributed by atoms with van der Waals surface area (Å²) in [4.78, 5) is 3.62. The molecule has 0 atom stereocenters.